The summed E-state index contributed by atoms with van der Waals surface area (Å²) in [6, 6.07) is 14.4. The van der Waals surface area contributed by atoms with Crippen LogP contribution in [0, 0.1) is 0 Å². The monoisotopic (exact) mass is 404 g/mol. The third-order valence-corrected chi connectivity index (χ3v) is 4.04. The van der Waals surface area contributed by atoms with E-state index in [0.717, 1.165) is 10.0 Å². The van der Waals surface area contributed by atoms with E-state index in [0.29, 0.717) is 11.3 Å². The summed E-state index contributed by atoms with van der Waals surface area (Å²) in [4.78, 5) is 23.8. The Balaban J connectivity index is 1.80. The van der Waals surface area contributed by atoms with Gasteiger partial charge in [-0.3, -0.25) is 20.4 Å². The lowest BCUT2D eigenvalue weighted by atomic mass is 9.87. The maximum absolute atomic E-state index is 12.0. The minimum Gasteiger partial charge on any atom is -0.484 e. The molecule has 0 spiro atoms. The van der Waals surface area contributed by atoms with Crippen molar-refractivity contribution in [1.82, 2.24) is 10.9 Å². The largest absolute Gasteiger partial charge is 0.484 e. The van der Waals surface area contributed by atoms with E-state index in [2.05, 4.69) is 47.6 Å². The standard InChI is InChI=1S/C19H21BrN2O3/c1-19(2,3)14-6-4-13(5-7-14)18(24)22-21-17(23)12-25-16-10-8-15(20)9-11-16/h4-11H,12H2,1-3H3,(H,21,23)(H,22,24). The summed E-state index contributed by atoms with van der Waals surface area (Å²) in [5, 5.41) is 0. The molecule has 5 nitrogen and oxygen atoms in total. The first kappa shape index (κ1) is 19.0. The van der Waals surface area contributed by atoms with Gasteiger partial charge in [0.1, 0.15) is 5.75 Å². The van der Waals surface area contributed by atoms with Gasteiger partial charge in [-0.25, -0.2) is 0 Å². The summed E-state index contributed by atoms with van der Waals surface area (Å²) in [5.74, 6) is -0.248. The fourth-order valence-corrected chi connectivity index (χ4v) is 2.30. The first-order valence-corrected chi connectivity index (χ1v) is 8.63. The molecular weight excluding hydrogens is 384 g/mol. The molecule has 0 radical (unpaired) electrons. The average molecular weight is 405 g/mol. The number of hydrogen-bond donors (Lipinski definition) is 2. The second-order valence-electron chi connectivity index (χ2n) is 6.57. The number of amides is 2. The summed E-state index contributed by atoms with van der Waals surface area (Å²) < 4.78 is 6.25. The Morgan fingerprint density at radius 1 is 0.960 bits per heavy atom. The van der Waals surface area contributed by atoms with Crippen molar-refractivity contribution >= 4 is 27.7 Å². The van der Waals surface area contributed by atoms with Gasteiger partial charge in [0.05, 0.1) is 0 Å². The van der Waals surface area contributed by atoms with E-state index in [1.165, 1.54) is 0 Å². The van der Waals surface area contributed by atoms with Crippen LogP contribution in [0.3, 0.4) is 0 Å². The zero-order valence-electron chi connectivity index (χ0n) is 14.4. The highest BCUT2D eigenvalue weighted by Crippen LogP contribution is 2.22. The maximum Gasteiger partial charge on any atom is 0.276 e. The lowest BCUT2D eigenvalue weighted by molar-refractivity contribution is -0.123. The van der Waals surface area contributed by atoms with Crippen molar-refractivity contribution in [1.29, 1.82) is 0 Å². The molecule has 0 aromatic heterocycles. The molecule has 2 amide bonds. The Morgan fingerprint density at radius 3 is 2.12 bits per heavy atom. The van der Waals surface area contributed by atoms with Crippen LogP contribution in [0.15, 0.2) is 53.0 Å². The zero-order valence-corrected chi connectivity index (χ0v) is 16.0. The molecule has 25 heavy (non-hydrogen) atoms. The quantitative estimate of drug-likeness (QED) is 0.765. The average Bonchev–Trinajstić information content (AvgIpc) is 2.58. The van der Waals surface area contributed by atoms with E-state index >= 15 is 0 Å². The van der Waals surface area contributed by atoms with E-state index in [4.69, 9.17) is 4.74 Å². The van der Waals surface area contributed by atoms with Gasteiger partial charge in [0.25, 0.3) is 11.8 Å². The van der Waals surface area contributed by atoms with Gasteiger partial charge in [-0.15, -0.1) is 0 Å². The van der Waals surface area contributed by atoms with Crippen LogP contribution in [-0.2, 0) is 10.2 Å². The van der Waals surface area contributed by atoms with Crippen molar-refractivity contribution in [2.24, 2.45) is 0 Å². The Labute approximate surface area is 155 Å². The fraction of sp³-hybridized carbons (Fsp3) is 0.263. The van der Waals surface area contributed by atoms with Gasteiger partial charge >= 0.3 is 0 Å². The van der Waals surface area contributed by atoms with Gasteiger partial charge in [0, 0.05) is 10.0 Å². The number of hydrazine groups is 1. The molecule has 2 N–H and O–H groups in total. The Bertz CT molecular complexity index is 735. The first-order valence-electron chi connectivity index (χ1n) is 7.84. The van der Waals surface area contributed by atoms with Crippen molar-refractivity contribution in [3.8, 4) is 5.75 Å². The van der Waals surface area contributed by atoms with Crippen LogP contribution in [0.1, 0.15) is 36.7 Å². The molecule has 0 fully saturated rings. The molecule has 0 aliphatic heterocycles. The number of ether oxygens (including phenoxy) is 1. The highest BCUT2D eigenvalue weighted by molar-refractivity contribution is 9.10. The molecule has 6 heteroatoms. The minimum atomic E-state index is -0.442. The third-order valence-electron chi connectivity index (χ3n) is 3.51. The predicted octanol–water partition coefficient (Wildman–Crippen LogP) is 3.59. The van der Waals surface area contributed by atoms with Crippen LogP contribution >= 0.6 is 15.9 Å². The molecule has 0 aliphatic rings. The van der Waals surface area contributed by atoms with Gasteiger partial charge in [0.15, 0.2) is 6.61 Å². The highest BCUT2D eigenvalue weighted by Gasteiger charge is 2.14. The molecular formula is C19H21BrN2O3. The Kier molecular flexibility index (Phi) is 6.20. The molecule has 2 aromatic rings. The predicted molar refractivity (Wildman–Crippen MR) is 100 cm³/mol. The van der Waals surface area contributed by atoms with Gasteiger partial charge < -0.3 is 4.74 Å². The summed E-state index contributed by atoms with van der Waals surface area (Å²) >= 11 is 3.32. The number of benzene rings is 2. The van der Waals surface area contributed by atoms with Crippen LogP contribution in [0.5, 0.6) is 5.75 Å². The second kappa shape index (κ2) is 8.16. The molecule has 2 rings (SSSR count). The summed E-state index contributed by atoms with van der Waals surface area (Å²) in [7, 11) is 0. The highest BCUT2D eigenvalue weighted by atomic mass is 79.9. The fourth-order valence-electron chi connectivity index (χ4n) is 2.04. The number of nitrogens with one attached hydrogen (secondary N) is 2. The first-order chi connectivity index (χ1) is 11.8. The summed E-state index contributed by atoms with van der Waals surface area (Å²) in [6.45, 7) is 6.13. The minimum absolute atomic E-state index is 0.0214. The molecule has 0 saturated heterocycles. The van der Waals surface area contributed by atoms with E-state index in [1.807, 2.05) is 24.3 Å². The van der Waals surface area contributed by atoms with E-state index in [9.17, 15) is 9.59 Å². The molecule has 0 saturated carbocycles. The second-order valence-corrected chi connectivity index (χ2v) is 7.49. The van der Waals surface area contributed by atoms with E-state index < -0.39 is 5.91 Å². The molecule has 2 aromatic carbocycles. The lowest BCUT2D eigenvalue weighted by Crippen LogP contribution is -2.43. The molecule has 0 unspecified atom stereocenters. The van der Waals surface area contributed by atoms with Crippen LogP contribution in [0.2, 0.25) is 0 Å². The summed E-state index contributed by atoms with van der Waals surface area (Å²) in [5.41, 5.74) is 6.34. The van der Waals surface area contributed by atoms with Crippen molar-refractivity contribution < 1.29 is 14.3 Å². The van der Waals surface area contributed by atoms with Crippen molar-refractivity contribution in [2.45, 2.75) is 26.2 Å². The lowest BCUT2D eigenvalue weighted by Gasteiger charge is -2.19. The number of carbonyl (C=O) groups is 2. The van der Waals surface area contributed by atoms with E-state index in [-0.39, 0.29) is 17.9 Å². The molecule has 0 atom stereocenters. The third kappa shape index (κ3) is 5.90. The topological polar surface area (TPSA) is 67.4 Å². The Hall–Kier alpha value is -2.34. The van der Waals surface area contributed by atoms with Gasteiger partial charge in [0.2, 0.25) is 0 Å². The van der Waals surface area contributed by atoms with Gasteiger partial charge in [-0.2, -0.15) is 0 Å². The van der Waals surface area contributed by atoms with Crippen LogP contribution in [0.25, 0.3) is 0 Å². The Morgan fingerprint density at radius 2 is 1.56 bits per heavy atom. The van der Waals surface area contributed by atoms with Crippen LogP contribution in [0.4, 0.5) is 0 Å². The van der Waals surface area contributed by atoms with Gasteiger partial charge in [-0.1, -0.05) is 48.8 Å². The molecule has 0 aliphatic carbocycles. The molecule has 132 valence electrons. The number of rotatable bonds is 4. The zero-order chi connectivity index (χ0) is 18.4. The molecule has 0 heterocycles. The number of carbonyl (C=O) groups excluding carboxylic acids is 2. The summed E-state index contributed by atoms with van der Waals surface area (Å²) in [6.07, 6.45) is 0. The van der Waals surface area contributed by atoms with Crippen LogP contribution in [-0.4, -0.2) is 18.4 Å². The van der Waals surface area contributed by atoms with Crippen molar-refractivity contribution in [3.05, 3.63) is 64.1 Å². The normalized spacial score (nSPS) is 10.9. The van der Waals surface area contributed by atoms with Gasteiger partial charge in [-0.05, 0) is 47.4 Å². The van der Waals surface area contributed by atoms with Crippen LogP contribution < -0.4 is 15.6 Å². The molecule has 0 bridgehead atoms. The number of halogens is 1. The SMILES string of the molecule is CC(C)(C)c1ccc(C(=O)NNC(=O)COc2ccc(Br)cc2)cc1. The van der Waals surface area contributed by atoms with Crippen molar-refractivity contribution in [2.75, 3.05) is 6.61 Å². The maximum atomic E-state index is 12.0. The van der Waals surface area contributed by atoms with Crippen molar-refractivity contribution in [3.63, 3.8) is 0 Å². The number of hydrogen-bond acceptors (Lipinski definition) is 3. The van der Waals surface area contributed by atoms with E-state index in [1.54, 1.807) is 24.3 Å². The smallest absolute Gasteiger partial charge is 0.276 e.